The van der Waals surface area contributed by atoms with Crippen LogP contribution in [0.1, 0.15) is 17.0 Å². The first-order valence-corrected chi connectivity index (χ1v) is 5.73. The second-order valence-corrected chi connectivity index (χ2v) is 4.12. The largest absolute Gasteiger partial charge is 0.478 e. The predicted octanol–water partition coefficient (Wildman–Crippen LogP) is 2.48. The standard InChI is InChI=1S/C14H13FN2O2/c1-10-16-6-7-17(10)9-12-2-4-13(15)8-11(12)3-5-14(18)19/h2-8H,9H2,1H3,(H,18,19)/b5-3+. The van der Waals surface area contributed by atoms with Crippen molar-refractivity contribution in [2.75, 3.05) is 0 Å². The number of benzene rings is 1. The maximum Gasteiger partial charge on any atom is 0.328 e. The number of carboxylic acid groups (broad SMARTS) is 1. The Morgan fingerprint density at radius 3 is 2.95 bits per heavy atom. The molecule has 0 aliphatic carbocycles. The number of halogens is 1. The zero-order valence-electron chi connectivity index (χ0n) is 10.4. The number of imidazole rings is 1. The maximum atomic E-state index is 13.2. The lowest BCUT2D eigenvalue weighted by Crippen LogP contribution is -2.03. The Morgan fingerprint density at radius 2 is 2.32 bits per heavy atom. The fourth-order valence-electron chi connectivity index (χ4n) is 1.78. The minimum Gasteiger partial charge on any atom is -0.478 e. The van der Waals surface area contributed by atoms with E-state index in [0.717, 1.165) is 17.5 Å². The average Bonchev–Trinajstić information content (AvgIpc) is 2.75. The quantitative estimate of drug-likeness (QED) is 0.859. The van der Waals surface area contributed by atoms with Crippen LogP contribution in [0.25, 0.3) is 6.08 Å². The Hall–Kier alpha value is -2.43. The van der Waals surface area contributed by atoms with E-state index in [1.807, 2.05) is 17.7 Å². The van der Waals surface area contributed by atoms with Gasteiger partial charge >= 0.3 is 5.97 Å². The molecule has 0 saturated carbocycles. The first kappa shape index (κ1) is 13.0. The number of carboxylic acids is 1. The number of aliphatic carboxylic acids is 1. The van der Waals surface area contributed by atoms with E-state index in [2.05, 4.69) is 4.98 Å². The van der Waals surface area contributed by atoms with Gasteiger partial charge in [-0.1, -0.05) is 6.07 Å². The Labute approximate surface area is 109 Å². The molecule has 0 aliphatic rings. The fourth-order valence-corrected chi connectivity index (χ4v) is 1.78. The summed E-state index contributed by atoms with van der Waals surface area (Å²) in [6.45, 7) is 2.39. The molecule has 0 fully saturated rings. The first-order valence-electron chi connectivity index (χ1n) is 5.73. The van der Waals surface area contributed by atoms with Crippen molar-refractivity contribution in [1.82, 2.24) is 9.55 Å². The minimum absolute atomic E-state index is 0.392. The number of aryl methyl sites for hydroxylation is 1. The molecule has 0 atom stereocenters. The van der Waals surface area contributed by atoms with Gasteiger partial charge in [-0.3, -0.25) is 0 Å². The molecule has 1 aromatic carbocycles. The summed E-state index contributed by atoms with van der Waals surface area (Å²) in [6.07, 6.45) is 5.90. The van der Waals surface area contributed by atoms with Crippen molar-refractivity contribution in [2.24, 2.45) is 0 Å². The van der Waals surface area contributed by atoms with Crippen LogP contribution in [0.4, 0.5) is 4.39 Å². The molecule has 0 amide bonds. The molecule has 2 rings (SSSR count). The summed E-state index contributed by atoms with van der Waals surface area (Å²) in [5.41, 5.74) is 1.38. The number of hydrogen-bond acceptors (Lipinski definition) is 2. The van der Waals surface area contributed by atoms with Gasteiger partial charge in [0.25, 0.3) is 0 Å². The van der Waals surface area contributed by atoms with Gasteiger partial charge in [0, 0.05) is 25.0 Å². The maximum absolute atomic E-state index is 13.2. The Bertz CT molecular complexity index is 632. The zero-order chi connectivity index (χ0) is 13.8. The van der Waals surface area contributed by atoms with Gasteiger partial charge < -0.3 is 9.67 Å². The van der Waals surface area contributed by atoms with Gasteiger partial charge in [0.2, 0.25) is 0 Å². The highest BCUT2D eigenvalue weighted by molar-refractivity contribution is 5.85. The summed E-state index contributed by atoms with van der Waals surface area (Å²) in [6, 6.07) is 4.33. The predicted molar refractivity (Wildman–Crippen MR) is 69.1 cm³/mol. The van der Waals surface area contributed by atoms with Gasteiger partial charge in [-0.05, 0) is 36.3 Å². The van der Waals surface area contributed by atoms with E-state index in [4.69, 9.17) is 5.11 Å². The number of nitrogens with zero attached hydrogens (tertiary/aromatic N) is 2. The molecule has 0 bridgehead atoms. The second-order valence-electron chi connectivity index (χ2n) is 4.12. The lowest BCUT2D eigenvalue weighted by molar-refractivity contribution is -0.131. The lowest BCUT2D eigenvalue weighted by atomic mass is 10.1. The van der Waals surface area contributed by atoms with Gasteiger partial charge in [0.1, 0.15) is 11.6 Å². The minimum atomic E-state index is -1.06. The van der Waals surface area contributed by atoms with E-state index in [-0.39, 0.29) is 0 Å². The van der Waals surface area contributed by atoms with Crippen LogP contribution in [-0.4, -0.2) is 20.6 Å². The molecule has 0 saturated heterocycles. The van der Waals surface area contributed by atoms with Crippen LogP contribution in [0.15, 0.2) is 36.7 Å². The Balaban J connectivity index is 2.34. The normalized spacial score (nSPS) is 11.1. The van der Waals surface area contributed by atoms with E-state index in [1.54, 1.807) is 12.3 Å². The van der Waals surface area contributed by atoms with Crippen molar-refractivity contribution in [3.05, 3.63) is 59.4 Å². The van der Waals surface area contributed by atoms with Crippen molar-refractivity contribution in [3.63, 3.8) is 0 Å². The molecule has 98 valence electrons. The summed E-state index contributed by atoms with van der Waals surface area (Å²) in [7, 11) is 0. The SMILES string of the molecule is Cc1nccn1Cc1ccc(F)cc1/C=C/C(=O)O. The highest BCUT2D eigenvalue weighted by atomic mass is 19.1. The number of hydrogen-bond donors (Lipinski definition) is 1. The molecule has 19 heavy (non-hydrogen) atoms. The molecule has 4 nitrogen and oxygen atoms in total. The smallest absolute Gasteiger partial charge is 0.328 e. The van der Waals surface area contributed by atoms with Crippen LogP contribution in [0, 0.1) is 12.7 Å². The topological polar surface area (TPSA) is 55.1 Å². The fraction of sp³-hybridized carbons (Fsp3) is 0.143. The number of rotatable bonds is 4. The summed E-state index contributed by atoms with van der Waals surface area (Å²) in [5.74, 6) is -0.609. The number of aromatic nitrogens is 2. The molecule has 1 aromatic heterocycles. The van der Waals surface area contributed by atoms with Gasteiger partial charge in [0.05, 0.1) is 0 Å². The van der Waals surface area contributed by atoms with E-state index in [9.17, 15) is 9.18 Å². The van der Waals surface area contributed by atoms with Crippen LogP contribution in [0.3, 0.4) is 0 Å². The number of carbonyl (C=O) groups is 1. The van der Waals surface area contributed by atoms with Crippen LogP contribution < -0.4 is 0 Å². The lowest BCUT2D eigenvalue weighted by Gasteiger charge is -2.09. The molecule has 1 N–H and O–H groups in total. The van der Waals surface area contributed by atoms with E-state index >= 15 is 0 Å². The third-order valence-electron chi connectivity index (χ3n) is 2.78. The molecule has 0 radical (unpaired) electrons. The average molecular weight is 260 g/mol. The van der Waals surface area contributed by atoms with Crippen LogP contribution in [0.2, 0.25) is 0 Å². The molecule has 1 heterocycles. The van der Waals surface area contributed by atoms with Crippen molar-refractivity contribution in [1.29, 1.82) is 0 Å². The molecular weight excluding hydrogens is 247 g/mol. The van der Waals surface area contributed by atoms with E-state index < -0.39 is 11.8 Å². The highest BCUT2D eigenvalue weighted by Gasteiger charge is 2.05. The third-order valence-corrected chi connectivity index (χ3v) is 2.78. The van der Waals surface area contributed by atoms with Crippen molar-refractivity contribution in [2.45, 2.75) is 13.5 Å². The third kappa shape index (κ3) is 3.28. The van der Waals surface area contributed by atoms with Gasteiger partial charge in [-0.2, -0.15) is 0 Å². The molecule has 0 unspecified atom stereocenters. The van der Waals surface area contributed by atoms with E-state index in [1.165, 1.54) is 18.2 Å². The summed E-state index contributed by atoms with van der Waals surface area (Å²) >= 11 is 0. The molecular formula is C14H13FN2O2. The van der Waals surface area contributed by atoms with Crippen LogP contribution in [0.5, 0.6) is 0 Å². The molecule has 5 heteroatoms. The molecule has 0 spiro atoms. The van der Waals surface area contributed by atoms with Gasteiger partial charge in [-0.25, -0.2) is 14.2 Å². The molecule has 2 aromatic rings. The van der Waals surface area contributed by atoms with Gasteiger partial charge in [-0.15, -0.1) is 0 Å². The van der Waals surface area contributed by atoms with Crippen molar-refractivity contribution >= 4 is 12.0 Å². The van der Waals surface area contributed by atoms with Crippen molar-refractivity contribution < 1.29 is 14.3 Å². The summed E-state index contributed by atoms with van der Waals surface area (Å²) < 4.78 is 15.1. The van der Waals surface area contributed by atoms with Crippen LogP contribution >= 0.6 is 0 Å². The summed E-state index contributed by atoms with van der Waals surface area (Å²) in [4.78, 5) is 14.7. The Morgan fingerprint density at radius 1 is 1.53 bits per heavy atom. The monoisotopic (exact) mass is 260 g/mol. The first-order chi connectivity index (χ1) is 9.06. The molecule has 0 aliphatic heterocycles. The van der Waals surface area contributed by atoms with Crippen LogP contribution in [-0.2, 0) is 11.3 Å². The highest BCUT2D eigenvalue weighted by Crippen LogP contribution is 2.15. The second kappa shape index (κ2) is 5.48. The van der Waals surface area contributed by atoms with E-state index in [0.29, 0.717) is 12.1 Å². The summed E-state index contributed by atoms with van der Waals surface area (Å²) in [5, 5.41) is 8.64. The Kier molecular flexibility index (Phi) is 3.75. The van der Waals surface area contributed by atoms with Crippen molar-refractivity contribution in [3.8, 4) is 0 Å². The van der Waals surface area contributed by atoms with Gasteiger partial charge in [0.15, 0.2) is 0 Å². The zero-order valence-corrected chi connectivity index (χ0v) is 10.4.